The molecular formula is C13H14N2O3. The first kappa shape index (κ1) is 12.3. The average Bonchev–Trinajstić information content (AvgIpc) is 2.35. The maximum absolute atomic E-state index is 11.0. The van der Waals surface area contributed by atoms with E-state index in [4.69, 9.17) is 5.11 Å². The second-order valence-electron chi connectivity index (χ2n) is 4.11. The molecule has 0 saturated heterocycles. The van der Waals surface area contributed by atoms with Crippen molar-refractivity contribution in [2.24, 2.45) is 0 Å². The topological polar surface area (TPSA) is 82.5 Å². The van der Waals surface area contributed by atoms with Crippen molar-refractivity contribution in [1.82, 2.24) is 4.98 Å². The summed E-state index contributed by atoms with van der Waals surface area (Å²) in [6.07, 6.45) is -0.509. The Balaban J connectivity index is 2.50. The highest BCUT2D eigenvalue weighted by Crippen LogP contribution is 2.23. The van der Waals surface area contributed by atoms with Gasteiger partial charge in [0.25, 0.3) is 0 Å². The molecule has 5 nitrogen and oxygen atoms in total. The normalized spacial score (nSPS) is 12.3. The number of benzene rings is 1. The highest BCUT2D eigenvalue weighted by atomic mass is 16.4. The minimum absolute atomic E-state index is 0.0122. The molecule has 0 spiro atoms. The van der Waals surface area contributed by atoms with Gasteiger partial charge in [0.2, 0.25) is 0 Å². The van der Waals surface area contributed by atoms with Gasteiger partial charge in [0.05, 0.1) is 11.6 Å². The lowest BCUT2D eigenvalue weighted by molar-refractivity contribution is 0.0691. The van der Waals surface area contributed by atoms with Crippen LogP contribution in [-0.2, 0) is 0 Å². The van der Waals surface area contributed by atoms with Gasteiger partial charge in [0, 0.05) is 17.6 Å². The predicted molar refractivity (Wildman–Crippen MR) is 68.9 cm³/mol. The number of para-hydroxylation sites is 1. The zero-order valence-electron chi connectivity index (χ0n) is 9.92. The first-order valence-electron chi connectivity index (χ1n) is 5.63. The zero-order chi connectivity index (χ0) is 13.1. The van der Waals surface area contributed by atoms with Crippen molar-refractivity contribution in [3.8, 4) is 0 Å². The van der Waals surface area contributed by atoms with E-state index < -0.39 is 12.1 Å². The number of nitrogens with zero attached hydrogens (tertiary/aromatic N) is 1. The lowest BCUT2D eigenvalue weighted by Crippen LogP contribution is -2.16. The Kier molecular flexibility index (Phi) is 3.43. The maximum Gasteiger partial charge on any atom is 0.354 e. The van der Waals surface area contributed by atoms with Gasteiger partial charge in [-0.3, -0.25) is 0 Å². The number of carbonyl (C=O) groups is 1. The minimum Gasteiger partial charge on any atom is -0.477 e. The number of nitrogens with one attached hydrogen (secondary N) is 1. The second kappa shape index (κ2) is 5.01. The van der Waals surface area contributed by atoms with Gasteiger partial charge in [-0.05, 0) is 19.1 Å². The van der Waals surface area contributed by atoms with Crippen molar-refractivity contribution in [3.05, 3.63) is 36.0 Å². The van der Waals surface area contributed by atoms with E-state index in [0.29, 0.717) is 17.7 Å². The minimum atomic E-state index is -1.07. The first-order valence-corrected chi connectivity index (χ1v) is 5.63. The number of carboxylic acids is 1. The second-order valence-corrected chi connectivity index (χ2v) is 4.11. The van der Waals surface area contributed by atoms with Crippen LogP contribution in [0.4, 0.5) is 5.69 Å². The molecule has 18 heavy (non-hydrogen) atoms. The fourth-order valence-electron chi connectivity index (χ4n) is 1.69. The Morgan fingerprint density at radius 1 is 1.44 bits per heavy atom. The highest BCUT2D eigenvalue weighted by Gasteiger charge is 2.10. The lowest BCUT2D eigenvalue weighted by atomic mass is 10.1. The summed E-state index contributed by atoms with van der Waals surface area (Å²) in [5, 5.41) is 22.1. The van der Waals surface area contributed by atoms with E-state index in [-0.39, 0.29) is 5.69 Å². The monoisotopic (exact) mass is 246 g/mol. The molecule has 0 aliphatic carbocycles. The fraction of sp³-hybridized carbons (Fsp3) is 0.231. The number of anilines is 1. The van der Waals surface area contributed by atoms with Crippen LogP contribution in [0.2, 0.25) is 0 Å². The van der Waals surface area contributed by atoms with Crippen molar-refractivity contribution < 1.29 is 15.0 Å². The van der Waals surface area contributed by atoms with E-state index in [9.17, 15) is 9.90 Å². The van der Waals surface area contributed by atoms with Crippen molar-refractivity contribution in [2.75, 3.05) is 11.9 Å². The average molecular weight is 246 g/mol. The molecule has 1 heterocycles. The van der Waals surface area contributed by atoms with E-state index in [0.717, 1.165) is 5.39 Å². The molecule has 0 fully saturated rings. The van der Waals surface area contributed by atoms with Gasteiger partial charge < -0.3 is 15.5 Å². The fourth-order valence-corrected chi connectivity index (χ4v) is 1.69. The van der Waals surface area contributed by atoms with Gasteiger partial charge in [0.1, 0.15) is 0 Å². The molecule has 1 unspecified atom stereocenters. The van der Waals surface area contributed by atoms with Crippen molar-refractivity contribution >= 4 is 22.6 Å². The molecular weight excluding hydrogens is 232 g/mol. The number of aliphatic hydroxyl groups excluding tert-OH is 1. The first-order chi connectivity index (χ1) is 8.58. The molecule has 0 radical (unpaired) electrons. The summed E-state index contributed by atoms with van der Waals surface area (Å²) in [7, 11) is 0. The summed E-state index contributed by atoms with van der Waals surface area (Å²) in [6, 6.07) is 8.76. The number of pyridine rings is 1. The Hall–Kier alpha value is -2.14. The van der Waals surface area contributed by atoms with Gasteiger partial charge in [-0.15, -0.1) is 0 Å². The Bertz CT molecular complexity index is 581. The summed E-state index contributed by atoms with van der Waals surface area (Å²) in [6.45, 7) is 2.02. The molecule has 1 aromatic heterocycles. The van der Waals surface area contributed by atoms with Crippen LogP contribution in [-0.4, -0.2) is 33.8 Å². The molecule has 3 N–H and O–H groups in total. The van der Waals surface area contributed by atoms with Crippen LogP contribution >= 0.6 is 0 Å². The summed E-state index contributed by atoms with van der Waals surface area (Å²) >= 11 is 0. The summed E-state index contributed by atoms with van der Waals surface area (Å²) < 4.78 is 0. The highest BCUT2D eigenvalue weighted by molar-refractivity contribution is 5.97. The van der Waals surface area contributed by atoms with Crippen LogP contribution in [0.15, 0.2) is 30.3 Å². The lowest BCUT2D eigenvalue weighted by Gasteiger charge is -2.11. The maximum atomic E-state index is 11.0. The molecule has 0 amide bonds. The van der Waals surface area contributed by atoms with Crippen LogP contribution < -0.4 is 5.32 Å². The van der Waals surface area contributed by atoms with Crippen molar-refractivity contribution in [2.45, 2.75) is 13.0 Å². The number of fused-ring (bicyclic) bond motifs is 1. The Labute approximate surface area is 104 Å². The number of aromatic nitrogens is 1. The van der Waals surface area contributed by atoms with Crippen LogP contribution in [0.5, 0.6) is 0 Å². The van der Waals surface area contributed by atoms with E-state index in [1.807, 2.05) is 12.1 Å². The third-order valence-electron chi connectivity index (χ3n) is 2.52. The van der Waals surface area contributed by atoms with Crippen LogP contribution in [0.25, 0.3) is 10.9 Å². The number of hydrogen-bond donors (Lipinski definition) is 3. The number of rotatable bonds is 4. The smallest absolute Gasteiger partial charge is 0.354 e. The van der Waals surface area contributed by atoms with Gasteiger partial charge in [-0.1, -0.05) is 18.2 Å². The number of aliphatic hydroxyl groups is 1. The third-order valence-corrected chi connectivity index (χ3v) is 2.52. The van der Waals surface area contributed by atoms with E-state index in [2.05, 4.69) is 10.3 Å². The molecule has 1 aromatic carbocycles. The van der Waals surface area contributed by atoms with Gasteiger partial charge >= 0.3 is 5.97 Å². The standard InChI is InChI=1S/C13H14N2O3/c1-8(16)7-14-11-6-12(13(17)18)15-10-5-3-2-4-9(10)11/h2-6,8,16H,7H2,1H3,(H,14,15)(H,17,18). The predicted octanol–water partition coefficient (Wildman–Crippen LogP) is 1.73. The number of hydrogen-bond acceptors (Lipinski definition) is 4. The molecule has 1 atom stereocenters. The van der Waals surface area contributed by atoms with Crippen molar-refractivity contribution in [1.29, 1.82) is 0 Å². The number of aromatic carboxylic acids is 1. The SMILES string of the molecule is CC(O)CNc1cc(C(=O)O)nc2ccccc12. The molecule has 0 bridgehead atoms. The molecule has 5 heteroatoms. The third kappa shape index (κ3) is 2.57. The van der Waals surface area contributed by atoms with Gasteiger partial charge in [-0.25, -0.2) is 9.78 Å². The van der Waals surface area contributed by atoms with Crippen LogP contribution in [0.3, 0.4) is 0 Å². The summed E-state index contributed by atoms with van der Waals surface area (Å²) in [4.78, 5) is 15.1. The van der Waals surface area contributed by atoms with E-state index in [1.54, 1.807) is 19.1 Å². The van der Waals surface area contributed by atoms with E-state index >= 15 is 0 Å². The van der Waals surface area contributed by atoms with Crippen molar-refractivity contribution in [3.63, 3.8) is 0 Å². The molecule has 94 valence electrons. The van der Waals surface area contributed by atoms with Gasteiger partial charge in [-0.2, -0.15) is 0 Å². The Morgan fingerprint density at radius 2 is 2.17 bits per heavy atom. The molecule has 0 aliphatic heterocycles. The molecule has 0 saturated carbocycles. The Morgan fingerprint density at radius 3 is 2.83 bits per heavy atom. The number of carboxylic acid groups (broad SMARTS) is 1. The van der Waals surface area contributed by atoms with Crippen LogP contribution in [0, 0.1) is 0 Å². The molecule has 2 rings (SSSR count). The summed E-state index contributed by atoms with van der Waals surface area (Å²) in [5.74, 6) is -1.07. The largest absolute Gasteiger partial charge is 0.477 e. The van der Waals surface area contributed by atoms with Gasteiger partial charge in [0.15, 0.2) is 5.69 Å². The van der Waals surface area contributed by atoms with Crippen LogP contribution in [0.1, 0.15) is 17.4 Å². The van der Waals surface area contributed by atoms with E-state index in [1.165, 1.54) is 6.07 Å². The zero-order valence-corrected chi connectivity index (χ0v) is 9.92. The molecule has 0 aliphatic rings. The quantitative estimate of drug-likeness (QED) is 0.765. The molecule has 2 aromatic rings. The summed E-state index contributed by atoms with van der Waals surface area (Å²) in [5.41, 5.74) is 1.27.